The Morgan fingerprint density at radius 1 is 1.15 bits per heavy atom. The summed E-state index contributed by atoms with van der Waals surface area (Å²) >= 11 is 0. The quantitative estimate of drug-likeness (QED) is 0.557. The van der Waals surface area contributed by atoms with E-state index >= 15 is 0 Å². The lowest BCUT2D eigenvalue weighted by Crippen LogP contribution is -2.47. The number of para-hydroxylation sites is 1. The van der Waals surface area contributed by atoms with Gasteiger partial charge in [-0.15, -0.1) is 0 Å². The first kappa shape index (κ1) is 21.2. The van der Waals surface area contributed by atoms with Gasteiger partial charge in [-0.25, -0.2) is 4.79 Å². The minimum atomic E-state index is -1.36. The largest absolute Gasteiger partial charge is 0.458 e. The van der Waals surface area contributed by atoms with Crippen molar-refractivity contribution < 1.29 is 18.8 Å². The van der Waals surface area contributed by atoms with E-state index in [1.165, 1.54) is 0 Å². The Morgan fingerprint density at radius 3 is 2.55 bits per heavy atom. The number of hydrogen-bond acceptors (Lipinski definition) is 4. The number of hydrogen-bond donors (Lipinski definition) is 1. The summed E-state index contributed by atoms with van der Waals surface area (Å²) in [5.74, 6) is 0.0836. The first-order valence-electron chi connectivity index (χ1n) is 11.3. The second-order valence-corrected chi connectivity index (χ2v) is 9.18. The van der Waals surface area contributed by atoms with Crippen molar-refractivity contribution in [3.63, 3.8) is 0 Å². The molecule has 1 saturated heterocycles. The van der Waals surface area contributed by atoms with Gasteiger partial charge in [0.2, 0.25) is 5.91 Å². The Kier molecular flexibility index (Phi) is 5.19. The van der Waals surface area contributed by atoms with Crippen LogP contribution in [0.5, 0.6) is 0 Å². The summed E-state index contributed by atoms with van der Waals surface area (Å²) in [5, 5.41) is 3.58. The van der Waals surface area contributed by atoms with Crippen molar-refractivity contribution in [1.82, 2.24) is 15.1 Å². The third-order valence-electron chi connectivity index (χ3n) is 6.80. The molecule has 1 aliphatic heterocycles. The molecule has 2 unspecified atom stereocenters. The molecule has 7 heteroatoms. The number of urea groups is 1. The van der Waals surface area contributed by atoms with E-state index in [4.69, 9.17) is 4.42 Å². The van der Waals surface area contributed by atoms with Crippen LogP contribution in [-0.4, -0.2) is 40.2 Å². The summed E-state index contributed by atoms with van der Waals surface area (Å²) < 4.78 is 5.87. The molecule has 0 spiro atoms. The topological polar surface area (TPSA) is 82.9 Å². The highest BCUT2D eigenvalue weighted by atomic mass is 16.3. The van der Waals surface area contributed by atoms with Crippen molar-refractivity contribution in [2.45, 2.75) is 44.8 Å². The van der Waals surface area contributed by atoms with E-state index in [-0.39, 0.29) is 18.5 Å². The highest BCUT2D eigenvalue weighted by molar-refractivity contribution is 6.09. The molecule has 1 aromatic heterocycles. The molecular formula is C26H27N3O4. The van der Waals surface area contributed by atoms with E-state index in [1.54, 1.807) is 17.9 Å². The first-order valence-corrected chi connectivity index (χ1v) is 11.3. The predicted molar refractivity (Wildman–Crippen MR) is 123 cm³/mol. The zero-order chi connectivity index (χ0) is 23.2. The Bertz CT molecular complexity index is 1180. The summed E-state index contributed by atoms with van der Waals surface area (Å²) in [6, 6.07) is 18.4. The SMILES string of the molecule is CC(C1CC1)N(Cc1ccccc1)C(=O)CN1C(=O)NC(C)(c2cc3ccccc3o2)C1=O. The molecule has 2 aromatic carbocycles. The van der Waals surface area contributed by atoms with Crippen LogP contribution in [0.4, 0.5) is 4.79 Å². The maximum absolute atomic E-state index is 13.4. The van der Waals surface area contributed by atoms with E-state index in [9.17, 15) is 14.4 Å². The predicted octanol–water partition coefficient (Wildman–Crippen LogP) is 4.03. The van der Waals surface area contributed by atoms with Crippen molar-refractivity contribution in [3.05, 3.63) is 72.0 Å². The standard InChI is InChI=1S/C26H27N3O4/c1-17(19-12-13-19)28(15-18-8-4-3-5-9-18)23(30)16-29-24(31)26(2,27-25(29)32)22-14-20-10-6-7-11-21(20)33-22/h3-11,14,17,19H,12-13,15-16H2,1-2H3,(H,27,32). The van der Waals surface area contributed by atoms with Crippen LogP contribution in [0.3, 0.4) is 0 Å². The van der Waals surface area contributed by atoms with Crippen LogP contribution in [0.1, 0.15) is 38.0 Å². The second kappa shape index (κ2) is 8.06. The van der Waals surface area contributed by atoms with Gasteiger partial charge in [0, 0.05) is 18.0 Å². The summed E-state index contributed by atoms with van der Waals surface area (Å²) in [6.45, 7) is 3.80. The van der Waals surface area contributed by atoms with Crippen LogP contribution in [0, 0.1) is 5.92 Å². The summed E-state index contributed by atoms with van der Waals surface area (Å²) in [4.78, 5) is 42.4. The van der Waals surface area contributed by atoms with Crippen LogP contribution < -0.4 is 5.32 Å². The molecule has 7 nitrogen and oxygen atoms in total. The molecule has 170 valence electrons. The fourth-order valence-electron chi connectivity index (χ4n) is 4.53. The van der Waals surface area contributed by atoms with Gasteiger partial charge in [-0.2, -0.15) is 0 Å². The van der Waals surface area contributed by atoms with Crippen molar-refractivity contribution in [3.8, 4) is 0 Å². The van der Waals surface area contributed by atoms with Gasteiger partial charge in [0.1, 0.15) is 17.9 Å². The molecule has 0 radical (unpaired) electrons. The second-order valence-electron chi connectivity index (χ2n) is 9.18. The van der Waals surface area contributed by atoms with Crippen molar-refractivity contribution in [2.75, 3.05) is 6.54 Å². The van der Waals surface area contributed by atoms with E-state index in [0.717, 1.165) is 28.7 Å². The molecule has 1 aliphatic carbocycles. The summed E-state index contributed by atoms with van der Waals surface area (Å²) in [5.41, 5.74) is 0.295. The fourth-order valence-corrected chi connectivity index (χ4v) is 4.53. The van der Waals surface area contributed by atoms with Gasteiger partial charge >= 0.3 is 6.03 Å². The Hall–Kier alpha value is -3.61. The molecule has 5 rings (SSSR count). The third kappa shape index (κ3) is 3.88. The van der Waals surface area contributed by atoms with E-state index in [2.05, 4.69) is 5.32 Å². The van der Waals surface area contributed by atoms with Crippen LogP contribution >= 0.6 is 0 Å². The average Bonchev–Trinajstić information content (AvgIpc) is 3.53. The molecule has 2 heterocycles. The zero-order valence-corrected chi connectivity index (χ0v) is 18.8. The Morgan fingerprint density at radius 2 is 1.85 bits per heavy atom. The average molecular weight is 446 g/mol. The summed E-state index contributed by atoms with van der Waals surface area (Å²) in [6.07, 6.45) is 2.18. The van der Waals surface area contributed by atoms with Gasteiger partial charge in [0.25, 0.3) is 5.91 Å². The summed E-state index contributed by atoms with van der Waals surface area (Å²) in [7, 11) is 0. The number of nitrogens with one attached hydrogen (secondary N) is 1. The molecule has 1 N–H and O–H groups in total. The Balaban J connectivity index is 1.37. The van der Waals surface area contributed by atoms with E-state index in [0.29, 0.717) is 23.8 Å². The number of carbonyl (C=O) groups is 3. The number of fused-ring (bicyclic) bond motifs is 1. The number of imide groups is 1. The number of carbonyl (C=O) groups excluding carboxylic acids is 3. The normalized spacial score (nSPS) is 21.3. The highest BCUT2D eigenvalue weighted by Gasteiger charge is 2.52. The maximum Gasteiger partial charge on any atom is 0.325 e. The number of nitrogens with zero attached hydrogens (tertiary/aromatic N) is 2. The van der Waals surface area contributed by atoms with Gasteiger partial charge in [-0.05, 0) is 50.3 Å². The minimum absolute atomic E-state index is 0.0419. The molecule has 33 heavy (non-hydrogen) atoms. The molecule has 2 atom stereocenters. The van der Waals surface area contributed by atoms with Crippen molar-refractivity contribution >= 4 is 28.8 Å². The van der Waals surface area contributed by atoms with Gasteiger partial charge < -0.3 is 14.6 Å². The van der Waals surface area contributed by atoms with Crippen LogP contribution in [0.25, 0.3) is 11.0 Å². The van der Waals surface area contributed by atoms with Gasteiger partial charge in [0.05, 0.1) is 0 Å². The molecular weight excluding hydrogens is 418 g/mol. The Labute approximate surface area is 192 Å². The monoisotopic (exact) mass is 445 g/mol. The van der Waals surface area contributed by atoms with Gasteiger partial charge in [-0.3, -0.25) is 14.5 Å². The maximum atomic E-state index is 13.4. The smallest absolute Gasteiger partial charge is 0.325 e. The van der Waals surface area contributed by atoms with Crippen LogP contribution in [-0.2, 0) is 21.7 Å². The molecule has 0 bridgehead atoms. The van der Waals surface area contributed by atoms with Crippen LogP contribution in [0.2, 0.25) is 0 Å². The number of amides is 4. The highest BCUT2D eigenvalue weighted by Crippen LogP contribution is 2.36. The van der Waals surface area contributed by atoms with Crippen molar-refractivity contribution in [2.24, 2.45) is 5.92 Å². The molecule has 2 aliphatic rings. The third-order valence-corrected chi connectivity index (χ3v) is 6.80. The van der Waals surface area contributed by atoms with E-state index < -0.39 is 17.5 Å². The molecule has 3 aromatic rings. The lowest BCUT2D eigenvalue weighted by molar-refractivity contribution is -0.141. The fraction of sp³-hybridized carbons (Fsp3) is 0.346. The first-order chi connectivity index (χ1) is 15.9. The van der Waals surface area contributed by atoms with Crippen molar-refractivity contribution in [1.29, 1.82) is 0 Å². The zero-order valence-electron chi connectivity index (χ0n) is 18.8. The number of benzene rings is 2. The van der Waals surface area contributed by atoms with Gasteiger partial charge in [-0.1, -0.05) is 48.5 Å². The number of furan rings is 1. The van der Waals surface area contributed by atoms with E-state index in [1.807, 2.05) is 61.5 Å². The molecule has 2 fully saturated rings. The lowest BCUT2D eigenvalue weighted by atomic mass is 9.99. The number of rotatable bonds is 7. The molecule has 4 amide bonds. The van der Waals surface area contributed by atoms with Crippen LogP contribution in [0.15, 0.2) is 65.1 Å². The molecule has 1 saturated carbocycles. The lowest BCUT2D eigenvalue weighted by Gasteiger charge is -2.31. The minimum Gasteiger partial charge on any atom is -0.458 e. The van der Waals surface area contributed by atoms with Gasteiger partial charge in [0.15, 0.2) is 5.54 Å².